The van der Waals surface area contributed by atoms with E-state index in [0.29, 0.717) is 0 Å². The maximum Gasteiger partial charge on any atom is 0.301 e. The van der Waals surface area contributed by atoms with Crippen LogP contribution in [0.25, 0.3) is 0 Å². The number of rotatable bonds is 2. The minimum Gasteiger partial charge on any atom is -0.344 e. The number of halogens is 2. The van der Waals surface area contributed by atoms with E-state index in [1.54, 1.807) is 0 Å². The van der Waals surface area contributed by atoms with Gasteiger partial charge in [0.15, 0.2) is 0 Å². The molecule has 10 heavy (non-hydrogen) atoms. The summed E-state index contributed by atoms with van der Waals surface area (Å²) in [4.78, 5) is 5.73. The van der Waals surface area contributed by atoms with Crippen molar-refractivity contribution < 1.29 is 8.78 Å². The molecule has 1 aromatic heterocycles. The minimum atomic E-state index is -2.98. The fourth-order valence-electron chi connectivity index (χ4n) is 0.566. The smallest absolute Gasteiger partial charge is 0.301 e. The highest BCUT2D eigenvalue weighted by molar-refractivity contribution is 5.03. The number of hydrogen-bond donors (Lipinski definition) is 2. The highest BCUT2D eigenvalue weighted by Crippen LogP contribution is 2.23. The third-order valence-corrected chi connectivity index (χ3v) is 1.15. The zero-order valence-corrected chi connectivity index (χ0v) is 5.14. The molecular weight excluding hydrogens is 140 g/mol. The fraction of sp³-hybridized carbons (Fsp3) is 0.400. The van der Waals surface area contributed by atoms with Crippen LogP contribution in [0.4, 0.5) is 8.78 Å². The summed E-state index contributed by atoms with van der Waals surface area (Å²) in [5, 5.41) is 0. The lowest BCUT2D eigenvalue weighted by Gasteiger charge is -2.09. The van der Waals surface area contributed by atoms with Crippen LogP contribution in [0.5, 0.6) is 0 Å². The van der Waals surface area contributed by atoms with Crippen LogP contribution in [0.2, 0.25) is 0 Å². The van der Waals surface area contributed by atoms with Crippen molar-refractivity contribution in [2.24, 2.45) is 5.73 Å². The molecule has 0 amide bonds. The Labute approximate surface area is 56.3 Å². The third kappa shape index (κ3) is 1.13. The van der Waals surface area contributed by atoms with Crippen molar-refractivity contribution in [1.82, 2.24) is 9.97 Å². The Morgan fingerprint density at radius 2 is 2.40 bits per heavy atom. The standard InChI is InChI=1S/C5H7F2N3/c6-5(7,2-8)4-1-9-3-10-4/h1,3H,2,8H2,(H,9,10). The summed E-state index contributed by atoms with van der Waals surface area (Å²) in [6.45, 7) is -0.699. The van der Waals surface area contributed by atoms with Gasteiger partial charge in [0.25, 0.3) is 0 Å². The van der Waals surface area contributed by atoms with Crippen molar-refractivity contribution in [3.05, 3.63) is 18.2 Å². The SMILES string of the molecule is NCC(F)(F)c1cnc[nH]1. The Morgan fingerprint density at radius 3 is 2.80 bits per heavy atom. The number of alkyl halides is 2. The second-order valence-corrected chi connectivity index (χ2v) is 1.87. The predicted octanol–water partition coefficient (Wildman–Crippen LogP) is 0.460. The van der Waals surface area contributed by atoms with E-state index in [1.165, 1.54) is 6.33 Å². The Balaban J connectivity index is 2.85. The Bertz CT molecular complexity index is 195. The number of aromatic nitrogens is 2. The molecule has 0 aliphatic carbocycles. The predicted molar refractivity (Wildman–Crippen MR) is 31.5 cm³/mol. The molecule has 0 saturated heterocycles. The monoisotopic (exact) mass is 147 g/mol. The normalized spacial score (nSPS) is 11.9. The van der Waals surface area contributed by atoms with Gasteiger partial charge in [-0.3, -0.25) is 0 Å². The quantitative estimate of drug-likeness (QED) is 0.638. The van der Waals surface area contributed by atoms with E-state index in [0.717, 1.165) is 6.20 Å². The van der Waals surface area contributed by atoms with E-state index in [4.69, 9.17) is 5.73 Å². The summed E-state index contributed by atoms with van der Waals surface area (Å²) >= 11 is 0. The zero-order chi connectivity index (χ0) is 7.61. The molecule has 0 atom stereocenters. The average Bonchev–Trinajstić information content (AvgIpc) is 2.38. The molecule has 1 heterocycles. The van der Waals surface area contributed by atoms with Crippen LogP contribution < -0.4 is 5.73 Å². The average molecular weight is 147 g/mol. The molecule has 0 aliphatic heterocycles. The van der Waals surface area contributed by atoms with E-state index in [1.807, 2.05) is 0 Å². The Morgan fingerprint density at radius 1 is 1.70 bits per heavy atom. The van der Waals surface area contributed by atoms with Crippen molar-refractivity contribution in [3.8, 4) is 0 Å². The first-order valence-electron chi connectivity index (χ1n) is 2.73. The number of nitrogens with zero attached hydrogens (tertiary/aromatic N) is 1. The summed E-state index contributed by atoms with van der Waals surface area (Å²) in [5.41, 5.74) is 4.56. The van der Waals surface area contributed by atoms with Gasteiger partial charge in [-0.25, -0.2) is 4.98 Å². The van der Waals surface area contributed by atoms with Crippen LogP contribution in [0.1, 0.15) is 5.69 Å². The molecule has 1 aromatic rings. The molecule has 0 unspecified atom stereocenters. The van der Waals surface area contributed by atoms with Gasteiger partial charge in [-0.15, -0.1) is 0 Å². The van der Waals surface area contributed by atoms with E-state index in [-0.39, 0.29) is 5.69 Å². The number of H-pyrrole nitrogens is 1. The molecular formula is C5H7F2N3. The summed E-state index contributed by atoms with van der Waals surface area (Å²) in [6.07, 6.45) is 2.26. The number of nitrogens with one attached hydrogen (secondary N) is 1. The second-order valence-electron chi connectivity index (χ2n) is 1.87. The molecule has 5 heteroatoms. The van der Waals surface area contributed by atoms with E-state index < -0.39 is 12.5 Å². The summed E-state index contributed by atoms with van der Waals surface area (Å²) in [7, 11) is 0. The van der Waals surface area contributed by atoms with Crippen LogP contribution in [0, 0.1) is 0 Å². The molecule has 0 radical (unpaired) electrons. The zero-order valence-electron chi connectivity index (χ0n) is 5.14. The molecule has 0 aliphatic rings. The Hall–Kier alpha value is -0.970. The summed E-state index contributed by atoms with van der Waals surface area (Å²) in [6, 6.07) is 0. The molecule has 3 N–H and O–H groups in total. The van der Waals surface area contributed by atoms with Gasteiger partial charge >= 0.3 is 5.92 Å². The van der Waals surface area contributed by atoms with Gasteiger partial charge < -0.3 is 10.7 Å². The molecule has 0 saturated carbocycles. The first kappa shape index (κ1) is 7.14. The molecule has 1 rings (SSSR count). The van der Waals surface area contributed by atoms with Gasteiger partial charge in [-0.1, -0.05) is 0 Å². The van der Waals surface area contributed by atoms with Crippen LogP contribution >= 0.6 is 0 Å². The van der Waals surface area contributed by atoms with Gasteiger partial charge in [0, 0.05) is 0 Å². The van der Waals surface area contributed by atoms with Gasteiger partial charge in [0.2, 0.25) is 0 Å². The van der Waals surface area contributed by atoms with Crippen molar-refractivity contribution in [3.63, 3.8) is 0 Å². The maximum absolute atomic E-state index is 12.5. The van der Waals surface area contributed by atoms with Crippen LogP contribution in [0.3, 0.4) is 0 Å². The van der Waals surface area contributed by atoms with Crippen molar-refractivity contribution in [2.45, 2.75) is 5.92 Å². The number of aromatic amines is 1. The van der Waals surface area contributed by atoms with E-state index in [9.17, 15) is 8.78 Å². The number of hydrogen-bond acceptors (Lipinski definition) is 2. The van der Waals surface area contributed by atoms with Gasteiger partial charge in [-0.05, 0) is 0 Å². The molecule has 0 bridgehead atoms. The molecule has 56 valence electrons. The van der Waals surface area contributed by atoms with Gasteiger partial charge in [0.05, 0.1) is 19.1 Å². The van der Waals surface area contributed by atoms with E-state index in [2.05, 4.69) is 9.97 Å². The lowest BCUT2D eigenvalue weighted by atomic mass is 10.3. The lowest BCUT2D eigenvalue weighted by Crippen LogP contribution is -2.25. The van der Waals surface area contributed by atoms with Crippen LogP contribution in [0.15, 0.2) is 12.5 Å². The number of nitrogens with two attached hydrogens (primary N) is 1. The maximum atomic E-state index is 12.5. The Kier molecular flexibility index (Phi) is 1.67. The lowest BCUT2D eigenvalue weighted by molar-refractivity contribution is 0.00180. The van der Waals surface area contributed by atoms with Gasteiger partial charge in [-0.2, -0.15) is 8.78 Å². The second kappa shape index (κ2) is 2.34. The molecule has 0 fully saturated rings. The van der Waals surface area contributed by atoms with E-state index >= 15 is 0 Å². The number of imidazole rings is 1. The fourth-order valence-corrected chi connectivity index (χ4v) is 0.566. The highest BCUT2D eigenvalue weighted by atomic mass is 19.3. The molecule has 3 nitrogen and oxygen atoms in total. The summed E-state index contributed by atoms with van der Waals surface area (Å²) < 4.78 is 25.0. The first-order valence-corrected chi connectivity index (χ1v) is 2.73. The molecule has 0 aromatic carbocycles. The summed E-state index contributed by atoms with van der Waals surface area (Å²) in [5.74, 6) is -2.98. The van der Waals surface area contributed by atoms with Crippen LogP contribution in [-0.2, 0) is 5.92 Å². The topological polar surface area (TPSA) is 54.7 Å². The van der Waals surface area contributed by atoms with Crippen molar-refractivity contribution in [2.75, 3.05) is 6.54 Å². The minimum absolute atomic E-state index is 0.241. The highest BCUT2D eigenvalue weighted by Gasteiger charge is 2.30. The van der Waals surface area contributed by atoms with Crippen molar-refractivity contribution >= 4 is 0 Å². The van der Waals surface area contributed by atoms with Crippen LogP contribution in [-0.4, -0.2) is 16.5 Å². The third-order valence-electron chi connectivity index (χ3n) is 1.15. The molecule has 0 spiro atoms. The van der Waals surface area contributed by atoms with Crippen molar-refractivity contribution in [1.29, 1.82) is 0 Å². The first-order chi connectivity index (χ1) is 4.67. The van der Waals surface area contributed by atoms with Gasteiger partial charge in [0.1, 0.15) is 5.69 Å². The largest absolute Gasteiger partial charge is 0.344 e.